The SMILES string of the molecule is CC(C)[C@]1(C)CCCN1C. The van der Waals surface area contributed by atoms with Crippen molar-refractivity contribution in [1.82, 2.24) is 4.90 Å². The third-order valence-corrected chi connectivity index (χ3v) is 3.29. The van der Waals surface area contributed by atoms with Gasteiger partial charge in [0, 0.05) is 5.54 Å². The van der Waals surface area contributed by atoms with Gasteiger partial charge >= 0.3 is 0 Å². The highest BCUT2D eigenvalue weighted by molar-refractivity contribution is 4.92. The predicted octanol–water partition coefficient (Wildman–Crippen LogP) is 2.13. The average molecular weight is 141 g/mol. The Balaban J connectivity index is 2.66. The Labute approximate surface area is 64.4 Å². The summed E-state index contributed by atoms with van der Waals surface area (Å²) < 4.78 is 0. The fourth-order valence-electron chi connectivity index (χ4n) is 1.85. The molecule has 60 valence electrons. The first-order valence-electron chi connectivity index (χ1n) is 4.28. The summed E-state index contributed by atoms with van der Waals surface area (Å²) >= 11 is 0. The Hall–Kier alpha value is -0.0400. The van der Waals surface area contributed by atoms with Crippen LogP contribution in [0.25, 0.3) is 0 Å². The van der Waals surface area contributed by atoms with Crippen molar-refractivity contribution in [2.45, 2.75) is 39.2 Å². The Morgan fingerprint density at radius 1 is 1.40 bits per heavy atom. The van der Waals surface area contributed by atoms with Crippen molar-refractivity contribution in [3.63, 3.8) is 0 Å². The van der Waals surface area contributed by atoms with E-state index in [2.05, 4.69) is 32.7 Å². The van der Waals surface area contributed by atoms with Gasteiger partial charge in [-0.2, -0.15) is 0 Å². The van der Waals surface area contributed by atoms with Gasteiger partial charge in [-0.15, -0.1) is 0 Å². The molecule has 10 heavy (non-hydrogen) atoms. The molecule has 0 aromatic heterocycles. The third-order valence-electron chi connectivity index (χ3n) is 3.29. The van der Waals surface area contributed by atoms with E-state index >= 15 is 0 Å². The summed E-state index contributed by atoms with van der Waals surface area (Å²) in [6, 6.07) is 0. The molecule has 1 fully saturated rings. The highest BCUT2D eigenvalue weighted by Crippen LogP contribution is 2.33. The summed E-state index contributed by atoms with van der Waals surface area (Å²) in [6.07, 6.45) is 2.76. The van der Waals surface area contributed by atoms with Crippen molar-refractivity contribution in [2.24, 2.45) is 5.92 Å². The summed E-state index contributed by atoms with van der Waals surface area (Å²) in [7, 11) is 2.24. The van der Waals surface area contributed by atoms with E-state index in [9.17, 15) is 0 Å². The maximum atomic E-state index is 2.50. The molecular weight excluding hydrogens is 122 g/mol. The molecule has 1 rings (SSSR count). The second-order valence-corrected chi connectivity index (χ2v) is 4.04. The second kappa shape index (κ2) is 2.54. The van der Waals surface area contributed by atoms with Gasteiger partial charge in [0.15, 0.2) is 0 Å². The molecule has 1 nitrogen and oxygen atoms in total. The molecule has 0 bridgehead atoms. The normalized spacial score (nSPS) is 35.7. The van der Waals surface area contributed by atoms with Gasteiger partial charge in [-0.25, -0.2) is 0 Å². The maximum Gasteiger partial charge on any atom is 0.0201 e. The van der Waals surface area contributed by atoms with Crippen LogP contribution in [-0.2, 0) is 0 Å². The second-order valence-electron chi connectivity index (χ2n) is 4.04. The van der Waals surface area contributed by atoms with Gasteiger partial charge in [-0.05, 0) is 39.3 Å². The Morgan fingerprint density at radius 3 is 2.20 bits per heavy atom. The summed E-state index contributed by atoms with van der Waals surface area (Å²) in [5.74, 6) is 0.792. The lowest BCUT2D eigenvalue weighted by Gasteiger charge is -2.36. The van der Waals surface area contributed by atoms with Crippen LogP contribution < -0.4 is 0 Å². The van der Waals surface area contributed by atoms with Gasteiger partial charge < -0.3 is 4.90 Å². The first-order chi connectivity index (χ1) is 4.57. The van der Waals surface area contributed by atoms with Crippen LogP contribution in [-0.4, -0.2) is 24.0 Å². The Kier molecular flexibility index (Phi) is 2.04. The number of hydrogen-bond acceptors (Lipinski definition) is 1. The van der Waals surface area contributed by atoms with Crippen LogP contribution in [0.3, 0.4) is 0 Å². The molecule has 0 aromatic carbocycles. The zero-order valence-electron chi connectivity index (χ0n) is 7.65. The van der Waals surface area contributed by atoms with Crippen molar-refractivity contribution in [1.29, 1.82) is 0 Å². The molecule has 1 saturated heterocycles. The van der Waals surface area contributed by atoms with E-state index in [4.69, 9.17) is 0 Å². The van der Waals surface area contributed by atoms with Gasteiger partial charge in [0.25, 0.3) is 0 Å². The molecule has 1 heterocycles. The first-order valence-corrected chi connectivity index (χ1v) is 4.28. The van der Waals surface area contributed by atoms with Gasteiger partial charge in [0.1, 0.15) is 0 Å². The fourth-order valence-corrected chi connectivity index (χ4v) is 1.85. The topological polar surface area (TPSA) is 3.24 Å². The number of nitrogens with zero attached hydrogens (tertiary/aromatic N) is 1. The van der Waals surface area contributed by atoms with E-state index in [1.54, 1.807) is 0 Å². The lowest BCUT2D eigenvalue weighted by atomic mass is 9.86. The molecule has 0 saturated carbocycles. The van der Waals surface area contributed by atoms with Crippen LogP contribution >= 0.6 is 0 Å². The fraction of sp³-hybridized carbons (Fsp3) is 1.00. The van der Waals surface area contributed by atoms with Crippen LogP contribution in [0.4, 0.5) is 0 Å². The van der Waals surface area contributed by atoms with E-state index in [0.29, 0.717) is 5.54 Å². The summed E-state index contributed by atoms with van der Waals surface area (Å²) in [6.45, 7) is 8.31. The van der Waals surface area contributed by atoms with Crippen molar-refractivity contribution in [3.05, 3.63) is 0 Å². The minimum atomic E-state index is 0.486. The van der Waals surface area contributed by atoms with E-state index < -0.39 is 0 Å². The van der Waals surface area contributed by atoms with E-state index in [1.807, 2.05) is 0 Å². The van der Waals surface area contributed by atoms with Crippen LogP contribution in [0.2, 0.25) is 0 Å². The molecule has 0 radical (unpaired) electrons. The molecule has 0 aromatic rings. The van der Waals surface area contributed by atoms with Crippen molar-refractivity contribution in [2.75, 3.05) is 13.6 Å². The van der Waals surface area contributed by atoms with Crippen LogP contribution in [0.15, 0.2) is 0 Å². The minimum Gasteiger partial charge on any atom is -0.301 e. The average Bonchev–Trinajstić information content (AvgIpc) is 2.15. The summed E-state index contributed by atoms with van der Waals surface area (Å²) in [5, 5.41) is 0. The number of hydrogen-bond donors (Lipinski definition) is 0. The van der Waals surface area contributed by atoms with E-state index in [1.165, 1.54) is 19.4 Å². The highest BCUT2D eigenvalue weighted by Gasteiger charge is 2.36. The van der Waals surface area contributed by atoms with Crippen LogP contribution in [0, 0.1) is 5.92 Å². The van der Waals surface area contributed by atoms with Crippen molar-refractivity contribution >= 4 is 0 Å². The summed E-state index contributed by atoms with van der Waals surface area (Å²) in [4.78, 5) is 2.50. The largest absolute Gasteiger partial charge is 0.301 e. The standard InChI is InChI=1S/C9H19N/c1-8(2)9(3)6-5-7-10(9)4/h8H,5-7H2,1-4H3/t9-/m0/s1. The maximum absolute atomic E-state index is 2.50. The Morgan fingerprint density at radius 2 is 2.00 bits per heavy atom. The highest BCUT2D eigenvalue weighted by atomic mass is 15.2. The molecule has 0 aliphatic carbocycles. The quantitative estimate of drug-likeness (QED) is 0.540. The van der Waals surface area contributed by atoms with Gasteiger partial charge in [-0.3, -0.25) is 0 Å². The molecule has 0 amide bonds. The molecule has 1 heteroatoms. The molecule has 0 unspecified atom stereocenters. The van der Waals surface area contributed by atoms with E-state index in [-0.39, 0.29) is 0 Å². The molecular formula is C9H19N. The van der Waals surface area contributed by atoms with Gasteiger partial charge in [-0.1, -0.05) is 13.8 Å². The molecule has 0 spiro atoms. The Bertz CT molecular complexity index is 120. The molecule has 1 aliphatic heterocycles. The van der Waals surface area contributed by atoms with Crippen LogP contribution in [0.5, 0.6) is 0 Å². The van der Waals surface area contributed by atoms with Crippen molar-refractivity contribution < 1.29 is 0 Å². The van der Waals surface area contributed by atoms with Crippen LogP contribution in [0.1, 0.15) is 33.6 Å². The zero-order chi connectivity index (χ0) is 7.78. The van der Waals surface area contributed by atoms with Gasteiger partial charge in [0.05, 0.1) is 0 Å². The number of rotatable bonds is 1. The minimum absolute atomic E-state index is 0.486. The first kappa shape index (κ1) is 8.06. The molecule has 1 atom stereocenters. The number of likely N-dealkylation sites (tertiary alicyclic amines) is 1. The predicted molar refractivity (Wildman–Crippen MR) is 45.1 cm³/mol. The zero-order valence-corrected chi connectivity index (χ0v) is 7.65. The third kappa shape index (κ3) is 1.07. The lowest BCUT2D eigenvalue weighted by molar-refractivity contribution is 0.136. The summed E-state index contributed by atoms with van der Waals surface area (Å²) in [5.41, 5.74) is 0.486. The van der Waals surface area contributed by atoms with Gasteiger partial charge in [0.2, 0.25) is 0 Å². The smallest absolute Gasteiger partial charge is 0.0201 e. The molecule has 0 N–H and O–H groups in total. The molecule has 1 aliphatic rings. The monoisotopic (exact) mass is 141 g/mol. The van der Waals surface area contributed by atoms with Crippen molar-refractivity contribution in [3.8, 4) is 0 Å². The van der Waals surface area contributed by atoms with E-state index in [0.717, 1.165) is 5.92 Å². The lowest BCUT2D eigenvalue weighted by Crippen LogP contribution is -2.42.